The van der Waals surface area contributed by atoms with Gasteiger partial charge in [0, 0.05) is 42.4 Å². The number of piperidine rings is 1. The molecule has 0 aliphatic carbocycles. The first-order valence-electron chi connectivity index (χ1n) is 10.1. The van der Waals surface area contributed by atoms with Gasteiger partial charge in [-0.2, -0.15) is 0 Å². The lowest BCUT2D eigenvalue weighted by Gasteiger charge is -2.32. The molecule has 0 unspecified atom stereocenters. The lowest BCUT2D eigenvalue weighted by Crippen LogP contribution is -2.41. The summed E-state index contributed by atoms with van der Waals surface area (Å²) in [6.07, 6.45) is 3.78. The molecular formula is C22H31N3O2S2. The summed E-state index contributed by atoms with van der Waals surface area (Å²) >= 11 is 3.50. The van der Waals surface area contributed by atoms with Crippen LogP contribution in [-0.2, 0) is 17.8 Å². The second-order valence-corrected chi connectivity index (χ2v) is 10.1. The van der Waals surface area contributed by atoms with Gasteiger partial charge < -0.3 is 15.0 Å². The molecule has 0 saturated carbocycles. The Bertz CT molecular complexity index is 791. The van der Waals surface area contributed by atoms with Crippen LogP contribution in [0.4, 0.5) is 4.79 Å². The molecule has 1 saturated heterocycles. The van der Waals surface area contributed by atoms with Gasteiger partial charge in [-0.1, -0.05) is 12.1 Å². The summed E-state index contributed by atoms with van der Waals surface area (Å²) in [4.78, 5) is 20.2. The molecule has 1 N–H and O–H groups in total. The molecule has 1 amide bonds. The van der Waals surface area contributed by atoms with E-state index in [1.807, 2.05) is 25.7 Å². The normalized spacial score (nSPS) is 15.5. The van der Waals surface area contributed by atoms with Crippen LogP contribution in [0.1, 0.15) is 55.8 Å². The van der Waals surface area contributed by atoms with Crippen molar-refractivity contribution >= 4 is 29.2 Å². The Hall–Kier alpha value is -1.57. The number of rotatable bonds is 6. The Morgan fingerprint density at radius 1 is 1.24 bits per heavy atom. The summed E-state index contributed by atoms with van der Waals surface area (Å²) in [6.45, 7) is 8.80. The fourth-order valence-electron chi connectivity index (χ4n) is 3.31. The van der Waals surface area contributed by atoms with E-state index in [0.717, 1.165) is 44.7 Å². The number of nitrogens with zero attached hydrogens (tertiary/aromatic N) is 2. The molecule has 1 fully saturated rings. The van der Waals surface area contributed by atoms with Crippen molar-refractivity contribution in [2.75, 3.05) is 19.3 Å². The monoisotopic (exact) mass is 433 g/mol. The third-order valence-corrected chi connectivity index (χ3v) is 6.66. The van der Waals surface area contributed by atoms with Gasteiger partial charge in [-0.25, -0.2) is 9.78 Å². The van der Waals surface area contributed by atoms with E-state index in [2.05, 4.69) is 41.2 Å². The number of thioether (sulfide) groups is 1. The molecule has 0 atom stereocenters. The van der Waals surface area contributed by atoms with Gasteiger partial charge in [0.2, 0.25) is 0 Å². The highest BCUT2D eigenvalue weighted by molar-refractivity contribution is 7.98. The van der Waals surface area contributed by atoms with Crippen LogP contribution in [0.25, 0.3) is 0 Å². The average Bonchev–Trinajstić information content (AvgIpc) is 3.16. The molecule has 1 aromatic heterocycles. The summed E-state index contributed by atoms with van der Waals surface area (Å²) in [7, 11) is 0. The highest BCUT2D eigenvalue weighted by atomic mass is 32.2. The third-order valence-electron chi connectivity index (χ3n) is 4.86. The van der Waals surface area contributed by atoms with Crippen molar-refractivity contribution in [3.63, 3.8) is 0 Å². The molecule has 5 nitrogen and oxygen atoms in total. The zero-order valence-electron chi connectivity index (χ0n) is 17.7. The Balaban J connectivity index is 1.43. The molecule has 1 aromatic carbocycles. The highest BCUT2D eigenvalue weighted by Gasteiger charge is 2.28. The van der Waals surface area contributed by atoms with E-state index in [0.29, 0.717) is 5.92 Å². The fraction of sp³-hybridized carbons (Fsp3) is 0.545. The minimum atomic E-state index is -0.442. The standard InChI is InChI=1S/C22H31N3O2S2/c1-22(2,3)27-21(26)25-11-9-17(10-12-25)20-24-18(15-29-20)14-23-13-16-5-7-19(28-4)8-6-16/h5-8,15,17,23H,9-14H2,1-4H3. The molecular weight excluding hydrogens is 402 g/mol. The number of benzene rings is 1. The van der Waals surface area contributed by atoms with Gasteiger partial charge in [-0.3, -0.25) is 0 Å². The van der Waals surface area contributed by atoms with Crippen LogP contribution in [-0.4, -0.2) is 40.9 Å². The number of ether oxygens (including phenoxy) is 1. The topological polar surface area (TPSA) is 54.5 Å². The van der Waals surface area contributed by atoms with Crippen molar-refractivity contribution in [2.45, 2.75) is 63.1 Å². The first-order valence-corrected chi connectivity index (χ1v) is 12.2. The molecule has 0 radical (unpaired) electrons. The first kappa shape index (κ1) is 22.1. The molecule has 2 heterocycles. The van der Waals surface area contributed by atoms with E-state index < -0.39 is 5.60 Å². The smallest absolute Gasteiger partial charge is 0.410 e. The fourth-order valence-corrected chi connectivity index (χ4v) is 4.70. The third kappa shape index (κ3) is 6.73. The second kappa shape index (κ2) is 9.96. The molecule has 1 aliphatic rings. The van der Waals surface area contributed by atoms with Crippen LogP contribution in [0, 0.1) is 0 Å². The zero-order valence-corrected chi connectivity index (χ0v) is 19.4. The van der Waals surface area contributed by atoms with Crippen LogP contribution < -0.4 is 5.32 Å². The van der Waals surface area contributed by atoms with Crippen LogP contribution in [0.15, 0.2) is 34.5 Å². The first-order chi connectivity index (χ1) is 13.8. The SMILES string of the molecule is CSc1ccc(CNCc2csc(C3CCN(C(=O)OC(C)(C)C)CC3)n2)cc1. The van der Waals surface area contributed by atoms with Crippen LogP contribution >= 0.6 is 23.1 Å². The molecule has 0 spiro atoms. The van der Waals surface area contributed by atoms with Crippen LogP contribution in [0.3, 0.4) is 0 Å². The van der Waals surface area contributed by atoms with Gasteiger partial charge in [0.05, 0.1) is 10.7 Å². The van der Waals surface area contributed by atoms with Gasteiger partial charge in [0.15, 0.2) is 0 Å². The number of thiazole rings is 1. The maximum atomic E-state index is 12.2. The van der Waals surface area contributed by atoms with Crippen molar-refractivity contribution in [1.82, 2.24) is 15.2 Å². The number of hydrogen-bond donors (Lipinski definition) is 1. The summed E-state index contributed by atoms with van der Waals surface area (Å²) in [6, 6.07) is 8.66. The number of amides is 1. The Morgan fingerprint density at radius 3 is 2.55 bits per heavy atom. The van der Waals surface area contributed by atoms with Crippen molar-refractivity contribution in [2.24, 2.45) is 0 Å². The van der Waals surface area contributed by atoms with Gasteiger partial charge in [0.1, 0.15) is 5.60 Å². The largest absolute Gasteiger partial charge is 0.444 e. The highest BCUT2D eigenvalue weighted by Crippen LogP contribution is 2.31. The zero-order chi connectivity index (χ0) is 20.9. The second-order valence-electron chi connectivity index (χ2n) is 8.37. The maximum Gasteiger partial charge on any atom is 0.410 e. The van der Waals surface area contributed by atoms with E-state index in [9.17, 15) is 4.79 Å². The molecule has 29 heavy (non-hydrogen) atoms. The molecule has 3 rings (SSSR count). The predicted octanol–water partition coefficient (Wildman–Crippen LogP) is 5.27. The van der Waals surface area contributed by atoms with Gasteiger partial charge in [-0.15, -0.1) is 23.1 Å². The molecule has 1 aliphatic heterocycles. The summed E-state index contributed by atoms with van der Waals surface area (Å²) < 4.78 is 5.48. The number of carbonyl (C=O) groups is 1. The quantitative estimate of drug-likeness (QED) is 0.629. The van der Waals surface area contributed by atoms with Crippen molar-refractivity contribution in [1.29, 1.82) is 0 Å². The van der Waals surface area contributed by atoms with E-state index in [4.69, 9.17) is 9.72 Å². The minimum Gasteiger partial charge on any atom is -0.444 e. The predicted molar refractivity (Wildman–Crippen MR) is 121 cm³/mol. The summed E-state index contributed by atoms with van der Waals surface area (Å²) in [5, 5.41) is 6.83. The van der Waals surface area contributed by atoms with Crippen molar-refractivity contribution in [3.05, 3.63) is 45.9 Å². The Morgan fingerprint density at radius 2 is 1.93 bits per heavy atom. The number of likely N-dealkylation sites (tertiary alicyclic amines) is 1. The number of aromatic nitrogens is 1. The van der Waals surface area contributed by atoms with Crippen molar-refractivity contribution in [3.8, 4) is 0 Å². The van der Waals surface area contributed by atoms with Crippen molar-refractivity contribution < 1.29 is 9.53 Å². The van der Waals surface area contributed by atoms with Gasteiger partial charge in [-0.05, 0) is 57.6 Å². The van der Waals surface area contributed by atoms with E-state index >= 15 is 0 Å². The van der Waals surface area contributed by atoms with Crippen LogP contribution in [0.2, 0.25) is 0 Å². The molecule has 158 valence electrons. The maximum absolute atomic E-state index is 12.2. The lowest BCUT2D eigenvalue weighted by atomic mass is 9.98. The summed E-state index contributed by atoms with van der Waals surface area (Å²) in [5.74, 6) is 0.437. The van der Waals surface area contributed by atoms with Gasteiger partial charge >= 0.3 is 6.09 Å². The lowest BCUT2D eigenvalue weighted by molar-refractivity contribution is 0.0205. The molecule has 0 bridgehead atoms. The number of carbonyl (C=O) groups excluding carboxylic acids is 1. The van der Waals surface area contributed by atoms with Crippen LogP contribution in [0.5, 0.6) is 0 Å². The summed E-state index contributed by atoms with van der Waals surface area (Å²) in [5.41, 5.74) is 1.94. The Kier molecular flexibility index (Phi) is 7.60. The Labute approximate surface area is 182 Å². The van der Waals surface area contributed by atoms with E-state index in [-0.39, 0.29) is 6.09 Å². The average molecular weight is 434 g/mol. The van der Waals surface area contributed by atoms with Gasteiger partial charge in [0.25, 0.3) is 0 Å². The molecule has 2 aromatic rings. The van der Waals surface area contributed by atoms with E-state index in [1.165, 1.54) is 15.5 Å². The number of nitrogens with one attached hydrogen (secondary N) is 1. The minimum absolute atomic E-state index is 0.203. The number of hydrogen-bond acceptors (Lipinski definition) is 6. The molecule has 7 heteroatoms. The van der Waals surface area contributed by atoms with E-state index in [1.54, 1.807) is 23.1 Å².